The second-order valence-electron chi connectivity index (χ2n) is 4.40. The van der Waals surface area contributed by atoms with E-state index in [9.17, 15) is 0 Å². The monoisotopic (exact) mass is 190 g/mol. The Hall–Kier alpha value is -0.890. The maximum Gasteiger partial charge on any atom is 0.0306 e. The van der Waals surface area contributed by atoms with Gasteiger partial charge in [0.25, 0.3) is 0 Å². The Morgan fingerprint density at radius 2 is 2.50 bits per heavy atom. The number of aromatic nitrogens is 1. The highest BCUT2D eigenvalue weighted by Gasteiger charge is 2.40. The first-order valence-electron chi connectivity index (χ1n) is 5.40. The summed E-state index contributed by atoms with van der Waals surface area (Å²) < 4.78 is 0. The molecule has 0 aromatic carbocycles. The third-order valence-electron chi connectivity index (χ3n) is 3.80. The second kappa shape index (κ2) is 3.70. The van der Waals surface area contributed by atoms with Crippen LogP contribution in [0.1, 0.15) is 31.7 Å². The standard InChI is InChI=1S/C12H18N2/c1-10-4-2-6-12(10,9-13)11-5-3-7-14-8-11/h3,5,7-8,10H,2,4,6,9,13H2,1H3. The van der Waals surface area contributed by atoms with E-state index in [-0.39, 0.29) is 5.41 Å². The molecule has 2 nitrogen and oxygen atoms in total. The van der Waals surface area contributed by atoms with E-state index in [0.717, 1.165) is 6.54 Å². The van der Waals surface area contributed by atoms with Crippen molar-refractivity contribution >= 4 is 0 Å². The molecule has 0 radical (unpaired) electrons. The number of hydrogen-bond donors (Lipinski definition) is 1. The molecule has 2 atom stereocenters. The number of rotatable bonds is 2. The molecule has 1 saturated carbocycles. The average molecular weight is 190 g/mol. The fraction of sp³-hybridized carbons (Fsp3) is 0.583. The van der Waals surface area contributed by atoms with Crippen molar-refractivity contribution in [1.29, 1.82) is 0 Å². The molecule has 14 heavy (non-hydrogen) atoms. The Labute approximate surface area is 85.5 Å². The van der Waals surface area contributed by atoms with Crippen LogP contribution in [-0.4, -0.2) is 11.5 Å². The summed E-state index contributed by atoms with van der Waals surface area (Å²) in [5.74, 6) is 0.691. The predicted molar refractivity (Wildman–Crippen MR) is 58.0 cm³/mol. The van der Waals surface area contributed by atoms with Gasteiger partial charge in [-0.15, -0.1) is 0 Å². The number of nitrogens with two attached hydrogens (primary N) is 1. The highest BCUT2D eigenvalue weighted by atomic mass is 14.7. The van der Waals surface area contributed by atoms with Crippen molar-refractivity contribution in [2.75, 3.05) is 6.54 Å². The van der Waals surface area contributed by atoms with Crippen LogP contribution in [0.25, 0.3) is 0 Å². The van der Waals surface area contributed by atoms with E-state index in [1.807, 2.05) is 18.5 Å². The van der Waals surface area contributed by atoms with Gasteiger partial charge >= 0.3 is 0 Å². The van der Waals surface area contributed by atoms with Gasteiger partial charge in [0.2, 0.25) is 0 Å². The van der Waals surface area contributed by atoms with Crippen molar-refractivity contribution in [3.8, 4) is 0 Å². The van der Waals surface area contributed by atoms with Crippen LogP contribution >= 0.6 is 0 Å². The highest BCUT2D eigenvalue weighted by molar-refractivity contribution is 5.25. The van der Waals surface area contributed by atoms with E-state index in [0.29, 0.717) is 5.92 Å². The van der Waals surface area contributed by atoms with Crippen molar-refractivity contribution in [3.63, 3.8) is 0 Å². The summed E-state index contributed by atoms with van der Waals surface area (Å²) in [4.78, 5) is 4.20. The SMILES string of the molecule is CC1CCCC1(CN)c1cccnc1. The van der Waals surface area contributed by atoms with Crippen LogP contribution in [0.15, 0.2) is 24.5 Å². The average Bonchev–Trinajstić information content (AvgIpc) is 2.62. The third-order valence-corrected chi connectivity index (χ3v) is 3.80. The highest BCUT2D eigenvalue weighted by Crippen LogP contribution is 2.44. The minimum Gasteiger partial charge on any atom is -0.330 e. The largest absolute Gasteiger partial charge is 0.330 e. The molecule has 2 rings (SSSR count). The van der Waals surface area contributed by atoms with Crippen LogP contribution in [0.2, 0.25) is 0 Å². The summed E-state index contributed by atoms with van der Waals surface area (Å²) in [6, 6.07) is 4.18. The Morgan fingerprint density at radius 1 is 1.64 bits per heavy atom. The van der Waals surface area contributed by atoms with Crippen molar-refractivity contribution in [1.82, 2.24) is 4.98 Å². The molecule has 0 spiro atoms. The van der Waals surface area contributed by atoms with Crippen molar-refractivity contribution < 1.29 is 0 Å². The molecule has 1 aliphatic carbocycles. The molecule has 0 saturated heterocycles. The molecule has 1 aromatic heterocycles. The van der Waals surface area contributed by atoms with Gasteiger partial charge in [-0.3, -0.25) is 4.98 Å². The van der Waals surface area contributed by atoms with E-state index in [2.05, 4.69) is 18.0 Å². The lowest BCUT2D eigenvalue weighted by molar-refractivity contribution is 0.345. The van der Waals surface area contributed by atoms with E-state index in [1.165, 1.54) is 24.8 Å². The number of nitrogens with zero attached hydrogens (tertiary/aromatic N) is 1. The zero-order valence-corrected chi connectivity index (χ0v) is 8.74. The first kappa shape index (κ1) is 9.66. The first-order chi connectivity index (χ1) is 6.79. The lowest BCUT2D eigenvalue weighted by Crippen LogP contribution is -2.37. The third kappa shape index (κ3) is 1.34. The van der Waals surface area contributed by atoms with Crippen molar-refractivity contribution in [2.45, 2.75) is 31.6 Å². The van der Waals surface area contributed by atoms with Gasteiger partial charge in [0.1, 0.15) is 0 Å². The van der Waals surface area contributed by atoms with Crippen LogP contribution in [-0.2, 0) is 5.41 Å². The van der Waals surface area contributed by atoms with E-state index >= 15 is 0 Å². The molecule has 1 fully saturated rings. The molecule has 0 amide bonds. The lowest BCUT2D eigenvalue weighted by atomic mass is 9.74. The van der Waals surface area contributed by atoms with Gasteiger partial charge in [0, 0.05) is 24.4 Å². The fourth-order valence-electron chi connectivity index (χ4n) is 2.75. The molecule has 0 bridgehead atoms. The summed E-state index contributed by atoms with van der Waals surface area (Å²) in [5.41, 5.74) is 7.49. The Kier molecular flexibility index (Phi) is 2.55. The van der Waals surface area contributed by atoms with E-state index in [1.54, 1.807) is 0 Å². The van der Waals surface area contributed by atoms with Crippen LogP contribution in [0, 0.1) is 5.92 Å². The number of pyridine rings is 1. The Morgan fingerprint density at radius 3 is 3.00 bits per heavy atom. The summed E-state index contributed by atoms with van der Waals surface area (Å²) >= 11 is 0. The van der Waals surface area contributed by atoms with E-state index < -0.39 is 0 Å². The molecule has 2 N–H and O–H groups in total. The van der Waals surface area contributed by atoms with Gasteiger partial charge in [-0.25, -0.2) is 0 Å². The lowest BCUT2D eigenvalue weighted by Gasteiger charge is -2.32. The summed E-state index contributed by atoms with van der Waals surface area (Å²) in [5, 5.41) is 0. The Balaban J connectivity index is 2.38. The quantitative estimate of drug-likeness (QED) is 0.775. The van der Waals surface area contributed by atoms with Gasteiger partial charge in [0.05, 0.1) is 0 Å². The number of hydrogen-bond acceptors (Lipinski definition) is 2. The topological polar surface area (TPSA) is 38.9 Å². The Bertz CT molecular complexity index is 296. The van der Waals surface area contributed by atoms with Crippen LogP contribution in [0.4, 0.5) is 0 Å². The van der Waals surface area contributed by atoms with Crippen LogP contribution in [0.5, 0.6) is 0 Å². The predicted octanol–water partition coefficient (Wildman–Crippen LogP) is 2.10. The van der Waals surface area contributed by atoms with Crippen molar-refractivity contribution in [2.24, 2.45) is 11.7 Å². The summed E-state index contributed by atoms with van der Waals surface area (Å²) in [7, 11) is 0. The van der Waals surface area contributed by atoms with Gasteiger partial charge in [0.15, 0.2) is 0 Å². The van der Waals surface area contributed by atoms with Gasteiger partial charge in [-0.2, -0.15) is 0 Å². The minimum absolute atomic E-state index is 0.203. The zero-order valence-electron chi connectivity index (χ0n) is 8.74. The maximum atomic E-state index is 5.96. The molecule has 1 heterocycles. The van der Waals surface area contributed by atoms with Gasteiger partial charge in [-0.05, 0) is 30.4 Å². The van der Waals surface area contributed by atoms with E-state index in [4.69, 9.17) is 5.73 Å². The van der Waals surface area contributed by atoms with Crippen LogP contribution < -0.4 is 5.73 Å². The summed E-state index contributed by atoms with van der Waals surface area (Å²) in [6.45, 7) is 3.06. The maximum absolute atomic E-state index is 5.96. The fourth-order valence-corrected chi connectivity index (χ4v) is 2.75. The van der Waals surface area contributed by atoms with Gasteiger partial charge in [-0.1, -0.05) is 19.4 Å². The molecular formula is C12H18N2. The molecule has 76 valence electrons. The first-order valence-corrected chi connectivity index (χ1v) is 5.40. The second-order valence-corrected chi connectivity index (χ2v) is 4.40. The molecule has 0 aliphatic heterocycles. The smallest absolute Gasteiger partial charge is 0.0306 e. The van der Waals surface area contributed by atoms with Crippen molar-refractivity contribution in [3.05, 3.63) is 30.1 Å². The molecule has 2 unspecified atom stereocenters. The summed E-state index contributed by atoms with van der Waals surface area (Å²) in [6.07, 6.45) is 7.62. The normalized spacial score (nSPS) is 32.0. The van der Waals surface area contributed by atoms with Crippen LogP contribution in [0.3, 0.4) is 0 Å². The molecular weight excluding hydrogens is 172 g/mol. The molecule has 1 aliphatic rings. The van der Waals surface area contributed by atoms with Gasteiger partial charge < -0.3 is 5.73 Å². The zero-order chi connectivity index (χ0) is 10.0. The molecule has 1 aromatic rings. The minimum atomic E-state index is 0.203. The molecule has 2 heteroatoms.